The summed E-state index contributed by atoms with van der Waals surface area (Å²) >= 11 is 6.23. The van der Waals surface area contributed by atoms with Gasteiger partial charge in [-0.3, -0.25) is 14.3 Å². The third kappa shape index (κ3) is 4.73. The maximum absolute atomic E-state index is 13.1. The largest absolute Gasteiger partial charge is 0.331 e. The van der Waals surface area contributed by atoms with Gasteiger partial charge in [-0.15, -0.1) is 35.0 Å². The third-order valence-electron chi connectivity index (χ3n) is 6.87. The molecule has 0 spiro atoms. The Morgan fingerprint density at radius 1 is 1.06 bits per heavy atom. The van der Waals surface area contributed by atoms with Crippen molar-refractivity contribution in [2.75, 3.05) is 6.54 Å². The molecule has 0 radical (unpaired) electrons. The van der Waals surface area contributed by atoms with Crippen LogP contribution in [0.4, 0.5) is 0 Å². The first-order valence-corrected chi connectivity index (χ1v) is 11.1. The fourth-order valence-electron chi connectivity index (χ4n) is 5.03. The Kier molecular flexibility index (Phi) is 8.00. The summed E-state index contributed by atoms with van der Waals surface area (Å²) in [5.74, 6) is 1.67. The minimum atomic E-state index is -0.0746. The normalized spacial score (nSPS) is 22.2. The smallest absolute Gasteiger partial charge is 0.243 e. The molecule has 1 saturated carbocycles. The van der Waals surface area contributed by atoms with Crippen LogP contribution in [-0.4, -0.2) is 43.1 Å². The summed E-state index contributed by atoms with van der Waals surface area (Å²) in [4.78, 5) is 19.1. The maximum atomic E-state index is 13.1. The van der Waals surface area contributed by atoms with Crippen LogP contribution < -0.4 is 5.73 Å². The molecule has 176 valence electrons. The monoisotopic (exact) mass is 508 g/mol. The highest BCUT2D eigenvalue weighted by molar-refractivity contribution is 6.30. The highest BCUT2D eigenvalue weighted by atomic mass is 35.5. The van der Waals surface area contributed by atoms with E-state index in [9.17, 15) is 4.79 Å². The first-order valence-electron chi connectivity index (χ1n) is 10.7. The van der Waals surface area contributed by atoms with E-state index in [-0.39, 0.29) is 48.7 Å². The standard InChI is InChI=1S/C23H25ClN6O.2ClH/c24-18-3-1-2-17(12-18)23(15-25)8-4-19(5-9-23)29-13-20-27-28-22(30(20)14-21(29)31)16-6-10-26-11-7-16;;/h1-3,6-7,10-12,19H,4-5,8-9,13-15,25H2;2*1H. The van der Waals surface area contributed by atoms with E-state index in [2.05, 4.69) is 21.2 Å². The first kappa shape index (κ1) is 25.4. The van der Waals surface area contributed by atoms with Crippen LogP contribution in [0.1, 0.15) is 37.1 Å². The minimum absolute atomic E-state index is 0. The fourth-order valence-corrected chi connectivity index (χ4v) is 5.22. The van der Waals surface area contributed by atoms with Crippen molar-refractivity contribution in [1.82, 2.24) is 24.6 Å². The predicted molar refractivity (Wildman–Crippen MR) is 133 cm³/mol. The van der Waals surface area contributed by atoms with Gasteiger partial charge in [0.25, 0.3) is 0 Å². The molecule has 1 aromatic carbocycles. The SMILES string of the molecule is Cl.Cl.NCC1(c2cccc(Cl)c2)CCC(N2Cc3nnc(-c4ccncc4)n3CC2=O)CC1. The summed E-state index contributed by atoms with van der Waals surface area (Å²) in [6.45, 7) is 1.35. The number of nitrogens with two attached hydrogens (primary N) is 1. The highest BCUT2D eigenvalue weighted by Gasteiger charge is 2.40. The van der Waals surface area contributed by atoms with Gasteiger partial charge in [-0.25, -0.2) is 0 Å². The zero-order valence-electron chi connectivity index (χ0n) is 18.1. The van der Waals surface area contributed by atoms with Gasteiger partial charge in [0, 0.05) is 41.0 Å². The number of amides is 1. The summed E-state index contributed by atoms with van der Waals surface area (Å²) in [5, 5.41) is 9.46. The highest BCUT2D eigenvalue weighted by Crippen LogP contribution is 2.41. The second-order valence-electron chi connectivity index (χ2n) is 8.51. The molecular formula is C23H27Cl3N6O. The Balaban J connectivity index is 0.00000153. The molecule has 33 heavy (non-hydrogen) atoms. The molecule has 5 rings (SSSR count). The van der Waals surface area contributed by atoms with Crippen LogP contribution in [0.3, 0.4) is 0 Å². The summed E-state index contributed by atoms with van der Waals surface area (Å²) in [7, 11) is 0. The lowest BCUT2D eigenvalue weighted by Crippen LogP contribution is -2.50. The number of carbonyl (C=O) groups excluding carboxylic acids is 1. The molecule has 2 aliphatic rings. The van der Waals surface area contributed by atoms with Crippen LogP contribution in [0.5, 0.6) is 0 Å². The number of halogens is 3. The van der Waals surface area contributed by atoms with Crippen LogP contribution in [0, 0.1) is 0 Å². The molecule has 7 nitrogen and oxygen atoms in total. The first-order chi connectivity index (χ1) is 15.1. The van der Waals surface area contributed by atoms with Gasteiger partial charge < -0.3 is 10.6 Å². The zero-order valence-corrected chi connectivity index (χ0v) is 20.5. The van der Waals surface area contributed by atoms with Crippen LogP contribution in [0.25, 0.3) is 11.4 Å². The molecule has 1 amide bonds. The molecule has 1 aliphatic heterocycles. The Hall–Kier alpha value is -2.19. The lowest BCUT2D eigenvalue weighted by Gasteiger charge is -2.44. The minimum Gasteiger partial charge on any atom is -0.331 e. The number of benzene rings is 1. The van der Waals surface area contributed by atoms with Crippen LogP contribution in [0.2, 0.25) is 5.02 Å². The second kappa shape index (κ2) is 10.4. The molecule has 3 heterocycles. The van der Waals surface area contributed by atoms with Crippen molar-refractivity contribution in [2.45, 2.75) is 50.2 Å². The molecule has 0 saturated heterocycles. The average molecular weight is 510 g/mol. The molecule has 2 N–H and O–H groups in total. The Morgan fingerprint density at radius 2 is 1.79 bits per heavy atom. The number of hydrogen-bond acceptors (Lipinski definition) is 5. The lowest BCUT2D eigenvalue weighted by atomic mass is 9.68. The van der Waals surface area contributed by atoms with E-state index >= 15 is 0 Å². The molecule has 0 unspecified atom stereocenters. The Bertz CT molecular complexity index is 1100. The van der Waals surface area contributed by atoms with E-state index in [0.717, 1.165) is 47.9 Å². The van der Waals surface area contributed by atoms with E-state index in [0.29, 0.717) is 13.1 Å². The molecule has 3 aromatic rings. The lowest BCUT2D eigenvalue weighted by molar-refractivity contribution is -0.137. The van der Waals surface area contributed by atoms with Crippen molar-refractivity contribution in [2.24, 2.45) is 5.73 Å². The number of carbonyl (C=O) groups is 1. The van der Waals surface area contributed by atoms with Crippen molar-refractivity contribution in [3.63, 3.8) is 0 Å². The second-order valence-corrected chi connectivity index (χ2v) is 8.95. The van der Waals surface area contributed by atoms with Gasteiger partial charge in [0.15, 0.2) is 11.6 Å². The zero-order chi connectivity index (χ0) is 21.4. The molecular weight excluding hydrogens is 483 g/mol. The topological polar surface area (TPSA) is 89.9 Å². The van der Waals surface area contributed by atoms with Crippen molar-refractivity contribution in [3.05, 3.63) is 65.2 Å². The van der Waals surface area contributed by atoms with Crippen molar-refractivity contribution in [3.8, 4) is 11.4 Å². The number of fused-ring (bicyclic) bond motifs is 1. The molecule has 1 fully saturated rings. The van der Waals surface area contributed by atoms with Crippen molar-refractivity contribution in [1.29, 1.82) is 0 Å². The summed E-state index contributed by atoms with van der Waals surface area (Å²) in [5.41, 5.74) is 8.29. The predicted octanol–water partition coefficient (Wildman–Crippen LogP) is 4.02. The molecule has 10 heteroatoms. The van der Waals surface area contributed by atoms with E-state index in [4.69, 9.17) is 17.3 Å². The van der Waals surface area contributed by atoms with Gasteiger partial charge in [0.05, 0.1) is 6.54 Å². The summed E-state index contributed by atoms with van der Waals surface area (Å²) in [6.07, 6.45) is 7.15. The fraction of sp³-hybridized carbons (Fsp3) is 0.391. The van der Waals surface area contributed by atoms with Crippen molar-refractivity contribution < 1.29 is 4.79 Å². The summed E-state index contributed by atoms with van der Waals surface area (Å²) < 4.78 is 1.92. The van der Waals surface area contributed by atoms with Gasteiger partial charge in [-0.2, -0.15) is 0 Å². The van der Waals surface area contributed by atoms with Crippen LogP contribution in [-0.2, 0) is 23.3 Å². The number of aromatic nitrogens is 4. The quantitative estimate of drug-likeness (QED) is 0.574. The molecule has 1 aliphatic carbocycles. The number of rotatable bonds is 4. The third-order valence-corrected chi connectivity index (χ3v) is 7.11. The van der Waals surface area contributed by atoms with E-state index < -0.39 is 0 Å². The Morgan fingerprint density at radius 3 is 2.45 bits per heavy atom. The maximum Gasteiger partial charge on any atom is 0.243 e. The van der Waals surface area contributed by atoms with E-state index in [1.807, 2.05) is 39.8 Å². The van der Waals surface area contributed by atoms with Gasteiger partial charge in [0.1, 0.15) is 6.54 Å². The van der Waals surface area contributed by atoms with Gasteiger partial charge >= 0.3 is 0 Å². The molecule has 0 atom stereocenters. The molecule has 0 bridgehead atoms. The molecule has 2 aromatic heterocycles. The van der Waals surface area contributed by atoms with Gasteiger partial charge in [-0.05, 0) is 55.5 Å². The van der Waals surface area contributed by atoms with E-state index in [1.54, 1.807) is 12.4 Å². The van der Waals surface area contributed by atoms with E-state index in [1.165, 1.54) is 5.56 Å². The Labute approximate surface area is 210 Å². The van der Waals surface area contributed by atoms with Crippen LogP contribution in [0.15, 0.2) is 48.8 Å². The van der Waals surface area contributed by atoms with Crippen molar-refractivity contribution >= 4 is 42.3 Å². The van der Waals surface area contributed by atoms with Gasteiger partial charge in [0.2, 0.25) is 5.91 Å². The number of pyridine rings is 1. The number of hydrogen-bond donors (Lipinski definition) is 1. The summed E-state index contributed by atoms with van der Waals surface area (Å²) in [6, 6.07) is 12.0. The van der Waals surface area contributed by atoms with Gasteiger partial charge in [-0.1, -0.05) is 23.7 Å². The number of nitrogens with zero attached hydrogens (tertiary/aromatic N) is 5. The van der Waals surface area contributed by atoms with Crippen LogP contribution >= 0.6 is 36.4 Å². The average Bonchev–Trinajstić information content (AvgIpc) is 3.22.